The van der Waals surface area contributed by atoms with Gasteiger partial charge in [-0.25, -0.2) is 8.42 Å². The lowest BCUT2D eigenvalue weighted by Gasteiger charge is -2.16. The molecular formula is C18H24N2O5S. The molecule has 0 unspecified atom stereocenters. The fraction of sp³-hybridized carbons (Fsp3) is 0.556. The number of nitrogens with one attached hydrogen (secondary N) is 1. The number of carboxylic acids is 1. The molecule has 0 radical (unpaired) electrons. The number of hydrogen-bond acceptors (Lipinski definition) is 4. The van der Waals surface area contributed by atoms with E-state index in [1.165, 1.54) is 4.31 Å². The number of benzene rings is 1. The van der Waals surface area contributed by atoms with Crippen LogP contribution < -0.4 is 5.32 Å². The maximum atomic E-state index is 12.5. The Morgan fingerprint density at radius 3 is 2.27 bits per heavy atom. The van der Waals surface area contributed by atoms with Gasteiger partial charge in [-0.3, -0.25) is 9.59 Å². The van der Waals surface area contributed by atoms with Crippen LogP contribution in [0.5, 0.6) is 0 Å². The second-order valence-electron chi connectivity index (χ2n) is 7.02. The number of hydrogen-bond donors (Lipinski definition) is 2. The number of carboxylic acid groups (broad SMARTS) is 1. The Morgan fingerprint density at radius 1 is 1.08 bits per heavy atom. The van der Waals surface area contributed by atoms with Crippen LogP contribution in [-0.2, 0) is 26.2 Å². The molecule has 1 aromatic carbocycles. The Bertz CT molecular complexity index is 769. The predicted molar refractivity (Wildman–Crippen MR) is 94.7 cm³/mol. The monoisotopic (exact) mass is 380 g/mol. The molecule has 142 valence electrons. The van der Waals surface area contributed by atoms with Gasteiger partial charge in [0, 0.05) is 25.6 Å². The highest BCUT2D eigenvalue weighted by atomic mass is 32.2. The molecule has 3 rings (SSSR count). The van der Waals surface area contributed by atoms with E-state index in [9.17, 15) is 18.0 Å². The topological polar surface area (TPSA) is 104 Å². The molecule has 8 heteroatoms. The maximum Gasteiger partial charge on any atom is 0.306 e. The molecule has 1 amide bonds. The van der Waals surface area contributed by atoms with E-state index in [2.05, 4.69) is 5.32 Å². The van der Waals surface area contributed by atoms with Crippen molar-refractivity contribution in [1.29, 1.82) is 0 Å². The van der Waals surface area contributed by atoms with Crippen LogP contribution in [0.25, 0.3) is 0 Å². The van der Waals surface area contributed by atoms with Crippen molar-refractivity contribution in [3.05, 3.63) is 29.8 Å². The minimum atomic E-state index is -3.42. The molecule has 7 nitrogen and oxygen atoms in total. The van der Waals surface area contributed by atoms with Crippen LogP contribution in [-0.4, -0.2) is 42.8 Å². The van der Waals surface area contributed by atoms with Crippen LogP contribution in [0.3, 0.4) is 0 Å². The number of nitrogens with zero attached hydrogens (tertiary/aromatic N) is 1. The number of carbonyl (C=O) groups excluding carboxylic acids is 1. The van der Waals surface area contributed by atoms with Gasteiger partial charge in [-0.1, -0.05) is 12.1 Å². The lowest BCUT2D eigenvalue weighted by molar-refractivity contribution is -0.141. The molecule has 1 aliphatic heterocycles. The molecule has 1 heterocycles. The molecule has 2 aliphatic rings. The Hall–Kier alpha value is -1.93. The summed E-state index contributed by atoms with van der Waals surface area (Å²) >= 11 is 0. The number of sulfonamides is 1. The summed E-state index contributed by atoms with van der Waals surface area (Å²) < 4.78 is 26.5. The minimum Gasteiger partial charge on any atom is -0.481 e. The van der Waals surface area contributed by atoms with Gasteiger partial charge in [0.2, 0.25) is 15.9 Å². The predicted octanol–water partition coefficient (Wildman–Crippen LogP) is 1.59. The zero-order valence-corrected chi connectivity index (χ0v) is 15.4. The first-order valence-corrected chi connectivity index (χ1v) is 10.4. The normalized spacial score (nSPS) is 23.8. The van der Waals surface area contributed by atoms with Gasteiger partial charge in [-0.15, -0.1) is 0 Å². The third-order valence-electron chi connectivity index (χ3n) is 5.25. The highest BCUT2D eigenvalue weighted by Crippen LogP contribution is 2.31. The van der Waals surface area contributed by atoms with Crippen molar-refractivity contribution >= 4 is 21.9 Å². The van der Waals surface area contributed by atoms with Gasteiger partial charge >= 0.3 is 5.97 Å². The van der Waals surface area contributed by atoms with Crippen LogP contribution in [0.4, 0.5) is 0 Å². The fourth-order valence-corrected chi connectivity index (χ4v) is 5.15. The Kier molecular flexibility index (Phi) is 5.62. The van der Waals surface area contributed by atoms with Crippen molar-refractivity contribution in [2.24, 2.45) is 11.8 Å². The Morgan fingerprint density at radius 2 is 1.69 bits per heavy atom. The molecule has 1 saturated heterocycles. The summed E-state index contributed by atoms with van der Waals surface area (Å²) in [5.74, 6) is -1.66. The largest absolute Gasteiger partial charge is 0.481 e. The average molecular weight is 380 g/mol. The second kappa shape index (κ2) is 7.75. The van der Waals surface area contributed by atoms with E-state index in [4.69, 9.17) is 5.11 Å². The van der Waals surface area contributed by atoms with Crippen molar-refractivity contribution in [2.45, 2.75) is 43.5 Å². The van der Waals surface area contributed by atoms with Gasteiger partial charge in [-0.2, -0.15) is 4.31 Å². The average Bonchev–Trinajstić information content (AvgIpc) is 3.31. The molecule has 1 aliphatic carbocycles. The van der Waals surface area contributed by atoms with Crippen molar-refractivity contribution in [1.82, 2.24) is 9.62 Å². The minimum absolute atomic E-state index is 0.137. The molecule has 0 spiro atoms. The van der Waals surface area contributed by atoms with Gasteiger partial charge < -0.3 is 10.4 Å². The summed E-state index contributed by atoms with van der Waals surface area (Å²) in [6, 6.07) is 6.56. The molecule has 2 fully saturated rings. The van der Waals surface area contributed by atoms with E-state index in [-0.39, 0.29) is 16.7 Å². The van der Waals surface area contributed by atoms with Crippen LogP contribution in [0.1, 0.15) is 37.7 Å². The third kappa shape index (κ3) is 4.07. The maximum absolute atomic E-state index is 12.5. The van der Waals surface area contributed by atoms with Gasteiger partial charge in [-0.05, 0) is 49.8 Å². The smallest absolute Gasteiger partial charge is 0.306 e. The molecule has 2 atom stereocenters. The third-order valence-corrected chi connectivity index (χ3v) is 7.16. The van der Waals surface area contributed by atoms with E-state index in [0.717, 1.165) is 18.4 Å². The molecule has 2 N–H and O–H groups in total. The summed E-state index contributed by atoms with van der Waals surface area (Å²) in [5.41, 5.74) is 0.812. The first-order chi connectivity index (χ1) is 12.4. The SMILES string of the molecule is O=C(O)[C@@H]1CC[C@H](C(=O)NCc2ccc(S(=O)(=O)N3CCCC3)cc2)C1. The first-order valence-electron chi connectivity index (χ1n) is 8.97. The van der Waals surface area contributed by atoms with Gasteiger partial charge in [0.1, 0.15) is 0 Å². The van der Waals surface area contributed by atoms with Gasteiger partial charge in [0.05, 0.1) is 10.8 Å². The quantitative estimate of drug-likeness (QED) is 0.780. The van der Waals surface area contributed by atoms with Crippen LogP contribution in [0.2, 0.25) is 0 Å². The molecular weight excluding hydrogens is 356 g/mol. The molecule has 26 heavy (non-hydrogen) atoms. The highest BCUT2D eigenvalue weighted by Gasteiger charge is 2.33. The first kappa shape index (κ1) is 18.8. The van der Waals surface area contributed by atoms with Crippen molar-refractivity contribution < 1.29 is 23.1 Å². The van der Waals surface area contributed by atoms with E-state index in [0.29, 0.717) is 38.9 Å². The summed E-state index contributed by atoms with van der Waals surface area (Å²) in [6.07, 6.45) is 3.31. The van der Waals surface area contributed by atoms with Gasteiger partial charge in [0.25, 0.3) is 0 Å². The zero-order chi connectivity index (χ0) is 18.7. The van der Waals surface area contributed by atoms with Crippen molar-refractivity contribution in [3.8, 4) is 0 Å². The van der Waals surface area contributed by atoms with E-state index in [1.54, 1.807) is 24.3 Å². The number of aliphatic carboxylic acids is 1. The lowest BCUT2D eigenvalue weighted by Crippen LogP contribution is -2.29. The molecule has 0 bridgehead atoms. The van der Waals surface area contributed by atoms with E-state index in [1.807, 2.05) is 0 Å². The molecule has 0 aromatic heterocycles. The molecule has 1 aromatic rings. The standard InChI is InChI=1S/C18H24N2O5S/c21-17(14-5-6-15(11-14)18(22)23)19-12-13-3-7-16(8-4-13)26(24,25)20-9-1-2-10-20/h3-4,7-8,14-15H,1-2,5-6,9-12H2,(H,19,21)(H,22,23)/t14-,15+/m0/s1. The summed E-state index contributed by atoms with van der Waals surface area (Å²) in [7, 11) is -3.42. The summed E-state index contributed by atoms with van der Waals surface area (Å²) in [6.45, 7) is 1.44. The molecule has 1 saturated carbocycles. The Labute approximate surface area is 153 Å². The summed E-state index contributed by atoms with van der Waals surface area (Å²) in [4.78, 5) is 23.4. The van der Waals surface area contributed by atoms with Crippen LogP contribution in [0.15, 0.2) is 29.2 Å². The lowest BCUT2D eigenvalue weighted by atomic mass is 10.0. The van der Waals surface area contributed by atoms with Gasteiger partial charge in [0.15, 0.2) is 0 Å². The van der Waals surface area contributed by atoms with E-state index < -0.39 is 21.9 Å². The fourth-order valence-electron chi connectivity index (χ4n) is 3.63. The van der Waals surface area contributed by atoms with Crippen molar-refractivity contribution in [3.63, 3.8) is 0 Å². The second-order valence-corrected chi connectivity index (χ2v) is 8.96. The van der Waals surface area contributed by atoms with Crippen LogP contribution >= 0.6 is 0 Å². The zero-order valence-electron chi connectivity index (χ0n) is 14.6. The Balaban J connectivity index is 1.55. The number of carbonyl (C=O) groups is 2. The number of rotatable bonds is 6. The summed E-state index contributed by atoms with van der Waals surface area (Å²) in [5, 5.41) is 11.8. The number of amides is 1. The van der Waals surface area contributed by atoms with E-state index >= 15 is 0 Å². The highest BCUT2D eigenvalue weighted by molar-refractivity contribution is 7.89. The van der Waals surface area contributed by atoms with Crippen molar-refractivity contribution in [2.75, 3.05) is 13.1 Å². The van der Waals surface area contributed by atoms with Crippen LogP contribution in [0, 0.1) is 11.8 Å².